The lowest BCUT2D eigenvalue weighted by molar-refractivity contribution is 0.0600. The van der Waals surface area contributed by atoms with Crippen LogP contribution >= 0.6 is 0 Å². The van der Waals surface area contributed by atoms with Crippen molar-refractivity contribution in [1.29, 1.82) is 0 Å². The summed E-state index contributed by atoms with van der Waals surface area (Å²) in [6.07, 6.45) is 4.55. The van der Waals surface area contributed by atoms with Gasteiger partial charge in [-0.2, -0.15) is 5.10 Å². The first kappa shape index (κ1) is 21.9. The quantitative estimate of drug-likeness (QED) is 0.294. The van der Waals surface area contributed by atoms with Gasteiger partial charge >= 0.3 is 5.97 Å². The highest BCUT2D eigenvalue weighted by molar-refractivity contribution is 6.15. The Morgan fingerprint density at radius 1 is 1.08 bits per heavy atom. The van der Waals surface area contributed by atoms with Crippen LogP contribution < -0.4 is 9.47 Å². The zero-order chi connectivity index (χ0) is 24.8. The lowest BCUT2D eigenvalue weighted by Crippen LogP contribution is -2.05. The zero-order valence-corrected chi connectivity index (χ0v) is 19.7. The summed E-state index contributed by atoms with van der Waals surface area (Å²) in [6.45, 7) is 2.05. The van der Waals surface area contributed by atoms with Gasteiger partial charge in [-0.1, -0.05) is 18.2 Å². The molecule has 6 rings (SSSR count). The number of ether oxygens (including phenoxy) is 3. The number of allylic oxidation sites excluding steroid dienone is 1. The average Bonchev–Trinajstić information content (AvgIpc) is 3.58. The molecular weight excluding hydrogens is 456 g/mol. The number of methoxy groups -OCH3 is 1. The molecule has 0 fully saturated rings. The van der Waals surface area contributed by atoms with Gasteiger partial charge in [-0.25, -0.2) is 9.48 Å². The molecule has 0 saturated carbocycles. The van der Waals surface area contributed by atoms with Gasteiger partial charge in [0.1, 0.15) is 23.3 Å². The summed E-state index contributed by atoms with van der Waals surface area (Å²) < 4.78 is 18.3. The summed E-state index contributed by atoms with van der Waals surface area (Å²) in [5, 5.41) is 4.86. The molecule has 3 aromatic carbocycles. The molecule has 3 heterocycles. The first-order chi connectivity index (χ1) is 17.5. The Balaban J connectivity index is 1.43. The van der Waals surface area contributed by atoms with E-state index in [4.69, 9.17) is 19.3 Å². The lowest BCUT2D eigenvalue weighted by Gasteiger charge is -2.04. The number of carbonyl (C=O) groups is 2. The van der Waals surface area contributed by atoms with Crippen molar-refractivity contribution in [2.45, 2.75) is 19.4 Å². The third kappa shape index (κ3) is 3.75. The van der Waals surface area contributed by atoms with Crippen LogP contribution in [0.2, 0.25) is 0 Å². The normalized spacial score (nSPS) is 16.9. The predicted molar refractivity (Wildman–Crippen MR) is 134 cm³/mol. The number of hydrogen-bond acceptors (Lipinski definition) is 6. The van der Waals surface area contributed by atoms with Crippen LogP contribution in [0.3, 0.4) is 0 Å². The molecule has 0 spiro atoms. The van der Waals surface area contributed by atoms with E-state index in [1.807, 2.05) is 55.6 Å². The van der Waals surface area contributed by atoms with Gasteiger partial charge in [0.05, 0.1) is 23.9 Å². The number of rotatable bonds is 4. The summed E-state index contributed by atoms with van der Waals surface area (Å²) in [6, 6.07) is 20.5. The number of nitrogens with zero attached hydrogens (tertiary/aromatic N) is 2. The van der Waals surface area contributed by atoms with Crippen molar-refractivity contribution < 1.29 is 23.8 Å². The predicted octanol–water partition coefficient (Wildman–Crippen LogP) is 5.27. The molecule has 4 aromatic rings. The maximum atomic E-state index is 13.2. The Morgan fingerprint density at radius 2 is 1.89 bits per heavy atom. The van der Waals surface area contributed by atoms with E-state index in [1.165, 1.54) is 13.2 Å². The van der Waals surface area contributed by atoms with Crippen LogP contribution in [-0.2, 0) is 11.2 Å². The average molecular weight is 479 g/mol. The minimum atomic E-state index is -0.510. The minimum absolute atomic E-state index is 0.136. The Labute approximate surface area is 207 Å². The minimum Gasteiger partial charge on any atom is -0.490 e. The number of para-hydroxylation sites is 1. The SMILES string of the molecule is COC(=O)c1ccc2c(c1)C(=O)/C(=C/c1cn(-c3ccccc3)nc1-c1ccc3c(c1)C[C@H](C)O3)O2. The highest BCUT2D eigenvalue weighted by Crippen LogP contribution is 2.36. The van der Waals surface area contributed by atoms with Crippen molar-refractivity contribution in [2.24, 2.45) is 0 Å². The molecular formula is C29H22N2O5. The summed E-state index contributed by atoms with van der Waals surface area (Å²) in [4.78, 5) is 25.1. The Kier molecular flexibility index (Phi) is 5.18. The summed E-state index contributed by atoms with van der Waals surface area (Å²) in [5.41, 5.74) is 5.01. The molecule has 2 aliphatic rings. The first-order valence-electron chi connectivity index (χ1n) is 11.6. The number of hydrogen-bond donors (Lipinski definition) is 0. The monoisotopic (exact) mass is 478 g/mol. The van der Waals surface area contributed by atoms with E-state index in [0.717, 1.165) is 40.2 Å². The number of Topliss-reactive ketones (excluding diaryl/α,β-unsaturated/α-hetero) is 1. The number of ketones is 1. The second kappa shape index (κ2) is 8.53. The maximum Gasteiger partial charge on any atom is 0.337 e. The van der Waals surface area contributed by atoms with Gasteiger partial charge in [-0.15, -0.1) is 0 Å². The van der Waals surface area contributed by atoms with Gasteiger partial charge in [0, 0.05) is 23.7 Å². The van der Waals surface area contributed by atoms with Crippen LogP contribution in [0.4, 0.5) is 0 Å². The van der Waals surface area contributed by atoms with Crippen molar-refractivity contribution in [3.05, 3.63) is 101 Å². The van der Waals surface area contributed by atoms with Crippen molar-refractivity contribution in [1.82, 2.24) is 9.78 Å². The molecule has 7 heteroatoms. The first-order valence-corrected chi connectivity index (χ1v) is 11.6. The van der Waals surface area contributed by atoms with Crippen LogP contribution in [0.25, 0.3) is 23.0 Å². The van der Waals surface area contributed by atoms with Crippen LogP contribution in [-0.4, -0.2) is 34.7 Å². The third-order valence-electron chi connectivity index (χ3n) is 6.31. The van der Waals surface area contributed by atoms with Crippen LogP contribution in [0.5, 0.6) is 11.5 Å². The van der Waals surface area contributed by atoms with Crippen LogP contribution in [0.1, 0.15) is 38.8 Å². The lowest BCUT2D eigenvalue weighted by atomic mass is 10.0. The third-order valence-corrected chi connectivity index (χ3v) is 6.31. The maximum absolute atomic E-state index is 13.2. The van der Waals surface area contributed by atoms with Crippen molar-refractivity contribution in [2.75, 3.05) is 7.11 Å². The van der Waals surface area contributed by atoms with Crippen molar-refractivity contribution >= 4 is 17.8 Å². The molecule has 1 atom stereocenters. The fourth-order valence-corrected chi connectivity index (χ4v) is 4.57. The molecule has 0 amide bonds. The van der Waals surface area contributed by atoms with Gasteiger partial charge in [0.15, 0.2) is 5.76 Å². The van der Waals surface area contributed by atoms with E-state index in [9.17, 15) is 9.59 Å². The largest absolute Gasteiger partial charge is 0.490 e. The molecule has 36 heavy (non-hydrogen) atoms. The highest BCUT2D eigenvalue weighted by atomic mass is 16.5. The molecule has 0 unspecified atom stereocenters. The second-order valence-corrected chi connectivity index (χ2v) is 8.81. The van der Waals surface area contributed by atoms with E-state index >= 15 is 0 Å². The fraction of sp³-hybridized carbons (Fsp3) is 0.138. The molecule has 178 valence electrons. The summed E-state index contributed by atoms with van der Waals surface area (Å²) in [5.74, 6) is 0.646. The number of esters is 1. The standard InChI is InChI=1S/C29H22N2O5/c1-17-12-20-13-18(8-10-24(20)35-17)27-21(16-31(30-27)22-6-4-3-5-7-22)15-26-28(32)23-14-19(29(33)34-2)9-11-25(23)36-26/h3-11,13-17H,12H2,1-2H3/b26-15-/t17-/m0/s1. The molecule has 0 N–H and O–H groups in total. The van der Waals surface area contributed by atoms with Crippen molar-refractivity contribution in [3.8, 4) is 28.4 Å². The van der Waals surface area contributed by atoms with Gasteiger partial charge in [-0.05, 0) is 67.1 Å². The summed E-state index contributed by atoms with van der Waals surface area (Å²) >= 11 is 0. The van der Waals surface area contributed by atoms with Crippen LogP contribution in [0.15, 0.2) is 78.7 Å². The van der Waals surface area contributed by atoms with E-state index in [0.29, 0.717) is 16.9 Å². The van der Waals surface area contributed by atoms with Gasteiger partial charge in [0.25, 0.3) is 0 Å². The smallest absolute Gasteiger partial charge is 0.337 e. The number of fused-ring (bicyclic) bond motifs is 2. The highest BCUT2D eigenvalue weighted by Gasteiger charge is 2.29. The van der Waals surface area contributed by atoms with E-state index in [2.05, 4.69) is 6.07 Å². The van der Waals surface area contributed by atoms with E-state index in [1.54, 1.807) is 22.9 Å². The van der Waals surface area contributed by atoms with E-state index in [-0.39, 0.29) is 17.6 Å². The Morgan fingerprint density at radius 3 is 2.69 bits per heavy atom. The molecule has 7 nitrogen and oxygen atoms in total. The molecule has 0 aliphatic carbocycles. The van der Waals surface area contributed by atoms with Gasteiger partial charge in [0.2, 0.25) is 5.78 Å². The molecule has 0 radical (unpaired) electrons. The second-order valence-electron chi connectivity index (χ2n) is 8.81. The van der Waals surface area contributed by atoms with Crippen molar-refractivity contribution in [3.63, 3.8) is 0 Å². The topological polar surface area (TPSA) is 79.7 Å². The molecule has 0 saturated heterocycles. The molecule has 2 aliphatic heterocycles. The molecule has 0 bridgehead atoms. The number of aromatic nitrogens is 2. The zero-order valence-electron chi connectivity index (χ0n) is 19.7. The number of benzene rings is 3. The Hall–Kier alpha value is -4.65. The van der Waals surface area contributed by atoms with Gasteiger partial charge in [-0.3, -0.25) is 4.79 Å². The van der Waals surface area contributed by atoms with Gasteiger partial charge < -0.3 is 14.2 Å². The Bertz CT molecular complexity index is 1550. The van der Waals surface area contributed by atoms with Crippen LogP contribution in [0, 0.1) is 0 Å². The summed E-state index contributed by atoms with van der Waals surface area (Å²) in [7, 11) is 1.30. The van der Waals surface area contributed by atoms with E-state index < -0.39 is 5.97 Å². The fourth-order valence-electron chi connectivity index (χ4n) is 4.57. The number of carbonyl (C=O) groups excluding carboxylic acids is 2. The molecule has 1 aromatic heterocycles.